The Kier molecular flexibility index (Phi) is 8.74. The number of H-pyrrole nitrogens is 1. The Morgan fingerprint density at radius 1 is 1.07 bits per heavy atom. The molecule has 0 aromatic carbocycles. The van der Waals surface area contributed by atoms with Crippen LogP contribution in [0.2, 0.25) is 0 Å². The first-order valence-electron chi connectivity index (χ1n) is 8.45. The first-order valence-corrected chi connectivity index (χ1v) is 12.7. The van der Waals surface area contributed by atoms with Crippen LogP contribution in [0.4, 0.5) is 5.95 Å². The van der Waals surface area contributed by atoms with Crippen LogP contribution in [-0.2, 0) is 25.1 Å². The summed E-state index contributed by atoms with van der Waals surface area (Å²) in [7, 11) is -9.44. The molecule has 0 aliphatic rings. The Balaban J connectivity index is 2.12. The summed E-state index contributed by atoms with van der Waals surface area (Å²) in [5, 5.41) is 0. The van der Waals surface area contributed by atoms with Gasteiger partial charge in [-0.25, -0.2) is 4.98 Å². The fourth-order valence-corrected chi connectivity index (χ4v) is 3.62. The maximum atomic E-state index is 12.0. The van der Waals surface area contributed by atoms with E-state index in [1.165, 1.54) is 4.57 Å². The smallest absolute Gasteiger partial charge is 0.280 e. The second-order valence-electron chi connectivity index (χ2n) is 6.30. The molecular weight excluding hydrogens is 512 g/mol. The molecule has 2 heterocycles. The van der Waals surface area contributed by atoms with E-state index in [4.69, 9.17) is 15.2 Å². The van der Waals surface area contributed by atoms with Crippen LogP contribution in [0.1, 0.15) is 0 Å². The predicted molar refractivity (Wildman–Crippen MR) is 100 cm³/mol. The Hall–Kier alpha value is -1.15. The number of anilines is 1. The van der Waals surface area contributed by atoms with Gasteiger partial charge in [-0.1, -0.05) is 15.2 Å². The van der Waals surface area contributed by atoms with Crippen LogP contribution in [-0.4, -0.2) is 58.3 Å². The maximum Gasteiger partial charge on any atom is 0.280 e. The highest BCUT2D eigenvalue weighted by Crippen LogP contribution is 2.23. The summed E-state index contributed by atoms with van der Waals surface area (Å²) in [6.45, 7) is -0.720. The molecule has 17 heteroatoms. The van der Waals surface area contributed by atoms with Crippen LogP contribution in [0.3, 0.4) is 0 Å². The van der Waals surface area contributed by atoms with Crippen LogP contribution in [0.15, 0.2) is 9.53 Å². The third-order valence-corrected chi connectivity index (χ3v) is 5.81. The summed E-state index contributed by atoms with van der Waals surface area (Å²) in [5.41, 5.74) is 5.21. The molecule has 0 saturated heterocycles. The lowest BCUT2D eigenvalue weighted by Gasteiger charge is -2.30. The molecule has 3 N–H and O–H groups in total. The van der Waals surface area contributed by atoms with Gasteiger partial charge in [0.25, 0.3) is 5.56 Å². The first-order chi connectivity index (χ1) is 13.9. The molecule has 2 rings (SSSR count). The molecule has 0 unspecified atom stereocenters. The number of imidazole rings is 1. The van der Waals surface area contributed by atoms with Gasteiger partial charge in [0.1, 0.15) is 0 Å². The van der Waals surface area contributed by atoms with Crippen LogP contribution in [0, 0.1) is 5.92 Å². The highest BCUT2D eigenvalue weighted by molar-refractivity contribution is 9.10. The molecule has 0 amide bonds. The zero-order chi connectivity index (χ0) is 22.5. The van der Waals surface area contributed by atoms with Crippen LogP contribution in [0.25, 0.3) is 11.2 Å². The molecule has 0 aliphatic heterocycles. The molecule has 0 bridgehead atoms. The van der Waals surface area contributed by atoms with Crippen molar-refractivity contribution >= 4 is 48.2 Å². The van der Waals surface area contributed by atoms with E-state index in [-0.39, 0.29) is 54.8 Å². The van der Waals surface area contributed by atoms with Gasteiger partial charge in [0.2, 0.25) is 5.95 Å². The van der Waals surface area contributed by atoms with Gasteiger partial charge in [-0.3, -0.25) is 9.78 Å². The van der Waals surface area contributed by atoms with Crippen LogP contribution in [0.5, 0.6) is 0 Å². The molecule has 0 atom stereocenters. The van der Waals surface area contributed by atoms with Crippen molar-refractivity contribution in [1.29, 1.82) is 0 Å². The first kappa shape index (κ1) is 25.1. The maximum absolute atomic E-state index is 12.0. The summed E-state index contributed by atoms with van der Waals surface area (Å²) in [6.07, 6.45) is -1.39. The van der Waals surface area contributed by atoms with E-state index in [0.717, 1.165) is 0 Å². The average molecular weight is 530 g/mol. The third-order valence-electron chi connectivity index (χ3n) is 3.74. The van der Waals surface area contributed by atoms with Crippen molar-refractivity contribution < 1.29 is 38.2 Å². The minimum Gasteiger partial charge on any atom is -0.811 e. The van der Waals surface area contributed by atoms with Crippen molar-refractivity contribution in [3.05, 3.63) is 15.1 Å². The molecule has 0 saturated carbocycles. The standard InChI is InChI=1S/C13H22BrN5O9P2/c14-12-16-9-10(17-13(15)18-11(9)20)19(12)5-8(6-27-1-3-29(21,22)23)7-28-2-4-30(24,25)26/h8H,1-7H2,(H2,21,22,23)(H2,24,25,26)(H3,15,17,18,20)/p-4. The molecular formula is C13H18BrN5O9P2-4. The highest BCUT2D eigenvalue weighted by atomic mass is 79.9. The fourth-order valence-electron chi connectivity index (χ4n) is 2.43. The average Bonchev–Trinajstić information content (AvgIpc) is 2.89. The molecule has 30 heavy (non-hydrogen) atoms. The molecule has 2 aromatic heterocycles. The SMILES string of the molecule is Nc1nc2c(nc(Br)n2CC(COCCP(=O)([O-])[O-])COCCP(=O)([O-])[O-])c(=O)[nH]1. The Bertz CT molecular complexity index is 986. The van der Waals surface area contributed by atoms with E-state index < -0.39 is 39.0 Å². The predicted octanol–water partition coefficient (Wildman–Crippen LogP) is -3.06. The second-order valence-corrected chi connectivity index (χ2v) is 10.3. The summed E-state index contributed by atoms with van der Waals surface area (Å²) in [6, 6.07) is 0. The number of aromatic nitrogens is 4. The number of rotatable bonds is 12. The van der Waals surface area contributed by atoms with Gasteiger partial charge >= 0.3 is 0 Å². The number of fused-ring (bicyclic) bond motifs is 1. The van der Waals surface area contributed by atoms with E-state index in [1.807, 2.05) is 0 Å². The largest absolute Gasteiger partial charge is 0.811 e. The Labute approximate surface area is 178 Å². The van der Waals surface area contributed by atoms with Crippen molar-refractivity contribution in [3.8, 4) is 0 Å². The van der Waals surface area contributed by atoms with Gasteiger partial charge in [-0.2, -0.15) is 4.98 Å². The van der Waals surface area contributed by atoms with Crippen molar-refractivity contribution in [2.75, 3.05) is 44.5 Å². The monoisotopic (exact) mass is 529 g/mol. The summed E-state index contributed by atoms with van der Waals surface area (Å²) in [4.78, 5) is 65.2. The molecule has 14 nitrogen and oxygen atoms in total. The number of aromatic amines is 1. The number of nitrogens with zero attached hydrogens (tertiary/aromatic N) is 3. The van der Waals surface area contributed by atoms with E-state index in [0.29, 0.717) is 0 Å². The van der Waals surface area contributed by atoms with Crippen LogP contribution >= 0.6 is 31.1 Å². The Morgan fingerprint density at radius 3 is 2.10 bits per heavy atom. The molecule has 0 spiro atoms. The molecule has 170 valence electrons. The van der Waals surface area contributed by atoms with E-state index >= 15 is 0 Å². The molecule has 0 aliphatic carbocycles. The second kappa shape index (κ2) is 10.4. The van der Waals surface area contributed by atoms with Gasteiger partial charge in [0.15, 0.2) is 15.9 Å². The molecule has 0 radical (unpaired) electrons. The number of ether oxygens (including phenoxy) is 2. The van der Waals surface area contributed by atoms with Crippen molar-refractivity contribution in [1.82, 2.24) is 19.5 Å². The van der Waals surface area contributed by atoms with E-state index in [2.05, 4.69) is 30.9 Å². The number of nitrogens with two attached hydrogens (primary N) is 1. The normalized spacial score (nSPS) is 12.9. The van der Waals surface area contributed by atoms with Gasteiger partial charge in [0, 0.05) is 12.5 Å². The van der Waals surface area contributed by atoms with E-state index in [9.17, 15) is 33.5 Å². The van der Waals surface area contributed by atoms with Crippen molar-refractivity contribution in [3.63, 3.8) is 0 Å². The number of halogens is 1. The van der Waals surface area contributed by atoms with E-state index in [1.54, 1.807) is 0 Å². The van der Waals surface area contributed by atoms with Gasteiger partial charge in [0.05, 0.1) is 26.4 Å². The Morgan fingerprint density at radius 2 is 1.60 bits per heavy atom. The number of hydrogen-bond donors (Lipinski definition) is 2. The lowest BCUT2D eigenvalue weighted by atomic mass is 10.2. The van der Waals surface area contributed by atoms with Gasteiger partial charge in [-0.15, -0.1) is 0 Å². The van der Waals surface area contributed by atoms with Gasteiger partial charge in [-0.05, 0) is 28.3 Å². The highest BCUT2D eigenvalue weighted by Gasteiger charge is 2.19. The fraction of sp³-hybridized carbons (Fsp3) is 0.615. The lowest BCUT2D eigenvalue weighted by Crippen LogP contribution is -2.26. The topological polar surface area (TPSA) is 234 Å². The van der Waals surface area contributed by atoms with Gasteiger partial charge < -0.3 is 48.5 Å². The minimum absolute atomic E-state index is 0.0222. The molecule has 2 aromatic rings. The number of nitrogen functional groups attached to an aromatic ring is 1. The minimum atomic E-state index is -4.72. The zero-order valence-electron chi connectivity index (χ0n) is 15.4. The third kappa shape index (κ3) is 8.17. The summed E-state index contributed by atoms with van der Waals surface area (Å²) < 4.78 is 33.6. The number of hydrogen-bond acceptors (Lipinski definition) is 12. The zero-order valence-corrected chi connectivity index (χ0v) is 18.8. The lowest BCUT2D eigenvalue weighted by molar-refractivity contribution is -0.315. The van der Waals surface area contributed by atoms with Crippen molar-refractivity contribution in [2.45, 2.75) is 6.54 Å². The summed E-state index contributed by atoms with van der Waals surface area (Å²) >= 11 is 3.21. The number of nitrogens with one attached hydrogen (secondary N) is 1. The molecule has 0 fully saturated rings. The summed E-state index contributed by atoms with van der Waals surface area (Å²) in [5.74, 6) is -0.634. The quantitative estimate of drug-likeness (QED) is 0.158. The van der Waals surface area contributed by atoms with Crippen LogP contribution < -0.4 is 30.9 Å². The van der Waals surface area contributed by atoms with Crippen molar-refractivity contribution in [2.24, 2.45) is 5.92 Å².